The maximum absolute atomic E-state index is 9.95. The third-order valence-electron chi connectivity index (χ3n) is 1.50. The van der Waals surface area contributed by atoms with E-state index in [1.54, 1.807) is 12.1 Å². The molecule has 63 valence electrons. The highest BCUT2D eigenvalue weighted by Gasteiger charge is 1.98. The largest absolute Gasteiger partial charge is 0.291 e. The van der Waals surface area contributed by atoms with Crippen molar-refractivity contribution in [2.45, 2.75) is 12.8 Å². The Bertz CT molecular complexity index is 284. The van der Waals surface area contributed by atoms with Crippen LogP contribution in [0.3, 0.4) is 0 Å². The van der Waals surface area contributed by atoms with Gasteiger partial charge in [-0.25, -0.2) is 0 Å². The van der Waals surface area contributed by atoms with E-state index >= 15 is 0 Å². The number of carbonyl (C=O) groups excluding carboxylic acids is 1. The molecule has 0 aromatic heterocycles. The van der Waals surface area contributed by atoms with Crippen LogP contribution in [0, 0.1) is 0 Å². The zero-order chi connectivity index (χ0) is 8.97. The predicted molar refractivity (Wildman–Crippen MR) is 50.5 cm³/mol. The third kappa shape index (κ3) is 2.50. The van der Waals surface area contributed by atoms with Gasteiger partial charge in [0.1, 0.15) is 0 Å². The molecule has 0 amide bonds. The van der Waals surface area contributed by atoms with E-state index in [0.717, 1.165) is 5.56 Å². The van der Waals surface area contributed by atoms with Crippen molar-refractivity contribution in [3.63, 3.8) is 0 Å². The van der Waals surface area contributed by atoms with Gasteiger partial charge in [0.15, 0.2) is 6.29 Å². The highest BCUT2D eigenvalue weighted by Crippen LogP contribution is 2.22. The number of benzene rings is 1. The fourth-order valence-corrected chi connectivity index (χ4v) is 1.21. The zero-order valence-corrected chi connectivity index (χ0v) is 7.82. The van der Waals surface area contributed by atoms with Gasteiger partial charge in [-0.2, -0.15) is 0 Å². The van der Waals surface area contributed by atoms with E-state index in [2.05, 4.69) is 0 Å². The van der Waals surface area contributed by atoms with E-state index in [9.17, 15) is 4.79 Å². The van der Waals surface area contributed by atoms with Gasteiger partial charge >= 0.3 is 0 Å². The summed E-state index contributed by atoms with van der Waals surface area (Å²) in [6.45, 7) is 0. The molecule has 1 rings (SSSR count). The molecule has 0 N–H and O–H groups in total. The van der Waals surface area contributed by atoms with Gasteiger partial charge in [-0.1, -0.05) is 29.3 Å². The highest BCUT2D eigenvalue weighted by molar-refractivity contribution is 6.42. The number of hydrogen-bond donors (Lipinski definition) is 0. The van der Waals surface area contributed by atoms with Crippen molar-refractivity contribution in [3.05, 3.63) is 33.8 Å². The van der Waals surface area contributed by atoms with Crippen molar-refractivity contribution in [2.75, 3.05) is 0 Å². The van der Waals surface area contributed by atoms with E-state index in [-0.39, 0.29) is 0 Å². The molecule has 0 saturated heterocycles. The first-order valence-corrected chi connectivity index (χ1v) is 4.28. The summed E-state index contributed by atoms with van der Waals surface area (Å²) >= 11 is 11.5. The minimum atomic E-state index is 0.401. The summed E-state index contributed by atoms with van der Waals surface area (Å²) in [6.07, 6.45) is 2.89. The minimum absolute atomic E-state index is 0.401. The normalized spacial score (nSPS) is 9.83. The van der Waals surface area contributed by atoms with Gasteiger partial charge in [0.2, 0.25) is 0 Å². The fourth-order valence-electron chi connectivity index (χ4n) is 0.891. The van der Waals surface area contributed by atoms with Crippen LogP contribution in [-0.4, -0.2) is 6.29 Å². The fraction of sp³-hybridized carbons (Fsp3) is 0.222. The average molecular weight is 202 g/mol. The number of hydrogen-bond acceptors (Lipinski definition) is 1. The van der Waals surface area contributed by atoms with Crippen molar-refractivity contribution in [1.82, 2.24) is 0 Å². The molecule has 0 atom stereocenters. The second-order valence-electron chi connectivity index (χ2n) is 2.39. The Morgan fingerprint density at radius 1 is 1.25 bits per heavy atom. The lowest BCUT2D eigenvalue weighted by Crippen LogP contribution is -1.85. The van der Waals surface area contributed by atoms with E-state index in [1.165, 1.54) is 0 Å². The minimum Gasteiger partial charge on any atom is -0.291 e. The average Bonchev–Trinajstić information content (AvgIpc) is 2.07. The number of rotatable bonds is 3. The molecule has 0 saturated carbocycles. The molecule has 0 heterocycles. The van der Waals surface area contributed by atoms with Crippen LogP contribution >= 0.6 is 23.2 Å². The third-order valence-corrected chi connectivity index (χ3v) is 2.24. The molecule has 3 heteroatoms. The molecule has 0 bridgehead atoms. The summed E-state index contributed by atoms with van der Waals surface area (Å²) in [4.78, 5) is 9.95. The quantitative estimate of drug-likeness (QED) is 0.736. The standard InChI is InChI=1S/C9H7Cl2O/c10-8-4-3-7(2-1-5-12)6-9(8)11/h3-4,6H,1-2H2. The number of halogens is 2. The van der Waals surface area contributed by atoms with Crippen LogP contribution < -0.4 is 0 Å². The molecule has 0 aliphatic carbocycles. The molecule has 0 spiro atoms. The van der Waals surface area contributed by atoms with Gasteiger partial charge in [-0.05, 0) is 24.1 Å². The van der Waals surface area contributed by atoms with Crippen LogP contribution in [-0.2, 0) is 11.2 Å². The second kappa shape index (κ2) is 4.48. The van der Waals surface area contributed by atoms with Crippen LogP contribution in [0.4, 0.5) is 0 Å². The summed E-state index contributed by atoms with van der Waals surface area (Å²) in [5, 5.41) is 1.07. The van der Waals surface area contributed by atoms with Crippen LogP contribution in [0.2, 0.25) is 10.0 Å². The monoisotopic (exact) mass is 201 g/mol. The topological polar surface area (TPSA) is 17.1 Å². The molecule has 0 aliphatic heterocycles. The maximum atomic E-state index is 9.95. The van der Waals surface area contributed by atoms with E-state index in [4.69, 9.17) is 23.2 Å². The lowest BCUT2D eigenvalue weighted by atomic mass is 10.1. The van der Waals surface area contributed by atoms with Crippen LogP contribution in [0.5, 0.6) is 0 Å². The van der Waals surface area contributed by atoms with Crippen LogP contribution in [0.1, 0.15) is 12.0 Å². The van der Waals surface area contributed by atoms with Gasteiger partial charge in [0, 0.05) is 6.42 Å². The van der Waals surface area contributed by atoms with Gasteiger partial charge in [0.25, 0.3) is 0 Å². The Hall–Kier alpha value is -0.530. The Balaban J connectivity index is 2.75. The summed E-state index contributed by atoms with van der Waals surface area (Å²) < 4.78 is 0. The molecule has 1 aromatic carbocycles. The second-order valence-corrected chi connectivity index (χ2v) is 3.21. The van der Waals surface area contributed by atoms with Crippen molar-refractivity contribution in [2.24, 2.45) is 0 Å². The van der Waals surface area contributed by atoms with Gasteiger partial charge in [0.05, 0.1) is 10.0 Å². The molecule has 0 fully saturated rings. The molecule has 0 aliphatic rings. The molecule has 0 unspecified atom stereocenters. The SMILES string of the molecule is O=[C]CCc1ccc(Cl)c(Cl)c1. The first-order chi connectivity index (χ1) is 5.74. The van der Waals surface area contributed by atoms with Gasteiger partial charge in [-0.15, -0.1) is 0 Å². The van der Waals surface area contributed by atoms with Crippen molar-refractivity contribution < 1.29 is 4.79 Å². The van der Waals surface area contributed by atoms with Gasteiger partial charge in [-0.3, -0.25) is 4.79 Å². The molecule has 1 aromatic rings. The van der Waals surface area contributed by atoms with Crippen LogP contribution in [0.25, 0.3) is 0 Å². The number of aryl methyl sites for hydroxylation is 1. The van der Waals surface area contributed by atoms with Crippen molar-refractivity contribution >= 4 is 29.5 Å². The predicted octanol–water partition coefficient (Wildman–Crippen LogP) is 3.04. The maximum Gasteiger partial charge on any atom is 0.198 e. The zero-order valence-electron chi connectivity index (χ0n) is 6.31. The lowest BCUT2D eigenvalue weighted by molar-refractivity contribution is 0.551. The molecule has 1 radical (unpaired) electrons. The Morgan fingerprint density at radius 3 is 2.58 bits per heavy atom. The summed E-state index contributed by atoms with van der Waals surface area (Å²) in [5.74, 6) is 0. The van der Waals surface area contributed by atoms with Crippen LogP contribution in [0.15, 0.2) is 18.2 Å². The first kappa shape index (κ1) is 9.56. The summed E-state index contributed by atoms with van der Waals surface area (Å²) in [6, 6.07) is 5.34. The summed E-state index contributed by atoms with van der Waals surface area (Å²) in [7, 11) is 0. The van der Waals surface area contributed by atoms with Crippen molar-refractivity contribution in [3.8, 4) is 0 Å². The highest BCUT2D eigenvalue weighted by atomic mass is 35.5. The summed E-state index contributed by atoms with van der Waals surface area (Å²) in [5.41, 5.74) is 1.01. The van der Waals surface area contributed by atoms with Gasteiger partial charge < -0.3 is 0 Å². The Kier molecular flexibility index (Phi) is 3.57. The van der Waals surface area contributed by atoms with E-state index in [1.807, 2.05) is 12.4 Å². The molecular weight excluding hydrogens is 195 g/mol. The molecule has 12 heavy (non-hydrogen) atoms. The molecular formula is C9H7Cl2O. The Morgan fingerprint density at radius 2 is 2.00 bits per heavy atom. The first-order valence-electron chi connectivity index (χ1n) is 3.53. The van der Waals surface area contributed by atoms with E-state index in [0.29, 0.717) is 22.9 Å². The Labute approximate surface area is 81.3 Å². The van der Waals surface area contributed by atoms with E-state index < -0.39 is 0 Å². The smallest absolute Gasteiger partial charge is 0.198 e. The van der Waals surface area contributed by atoms with Crippen molar-refractivity contribution in [1.29, 1.82) is 0 Å². The lowest BCUT2D eigenvalue weighted by Gasteiger charge is -1.99. The molecule has 1 nitrogen and oxygen atoms in total.